The van der Waals surface area contributed by atoms with Crippen LogP contribution in [0.4, 0.5) is 0 Å². The highest BCUT2D eigenvalue weighted by Crippen LogP contribution is 2.11. The maximum atomic E-state index is 11.8. The van der Waals surface area contributed by atoms with Gasteiger partial charge >= 0.3 is 11.9 Å². The Hall–Kier alpha value is -1.84. The molecular formula is C20H32O4. The van der Waals surface area contributed by atoms with Gasteiger partial charge in [0.1, 0.15) is 0 Å². The van der Waals surface area contributed by atoms with E-state index in [2.05, 4.69) is 32.9 Å². The molecule has 0 saturated carbocycles. The lowest BCUT2D eigenvalue weighted by atomic mass is 10.0. The standard InChI is InChI=1S/C20H32O4/c1-6-23-19(21)18(20(22)24-7-2)15-10-8-9-13-17(5)14-11-12-16(3)4/h8,10,12-13,18H,6-7,9,11,14-15H2,1-5H3/b10-8+,17-13+. The van der Waals surface area contributed by atoms with Crippen LogP contribution >= 0.6 is 0 Å². The maximum Gasteiger partial charge on any atom is 0.320 e. The number of rotatable bonds is 11. The molecule has 0 spiro atoms. The molecule has 0 radical (unpaired) electrons. The summed E-state index contributed by atoms with van der Waals surface area (Å²) >= 11 is 0. The minimum Gasteiger partial charge on any atom is -0.465 e. The molecule has 0 aliphatic heterocycles. The molecule has 0 aromatic heterocycles. The Bertz CT molecular complexity index is 450. The number of hydrogen-bond acceptors (Lipinski definition) is 4. The van der Waals surface area contributed by atoms with E-state index < -0.39 is 17.9 Å². The van der Waals surface area contributed by atoms with Crippen LogP contribution in [0.1, 0.15) is 60.3 Å². The Morgan fingerprint density at radius 1 is 0.917 bits per heavy atom. The lowest BCUT2D eigenvalue weighted by Crippen LogP contribution is -2.27. The third kappa shape index (κ3) is 10.8. The van der Waals surface area contributed by atoms with Crippen LogP contribution in [-0.2, 0) is 19.1 Å². The summed E-state index contributed by atoms with van der Waals surface area (Å²) in [4.78, 5) is 23.7. The average molecular weight is 336 g/mol. The van der Waals surface area contributed by atoms with Crippen LogP contribution in [0.15, 0.2) is 35.5 Å². The fourth-order valence-corrected chi connectivity index (χ4v) is 2.06. The molecule has 0 rings (SSSR count). The Morgan fingerprint density at radius 3 is 2.00 bits per heavy atom. The van der Waals surface area contributed by atoms with Crippen LogP contribution in [0, 0.1) is 5.92 Å². The van der Waals surface area contributed by atoms with E-state index >= 15 is 0 Å². The molecule has 0 aromatic carbocycles. The van der Waals surface area contributed by atoms with Crippen molar-refractivity contribution < 1.29 is 19.1 Å². The van der Waals surface area contributed by atoms with Gasteiger partial charge in [-0.2, -0.15) is 0 Å². The summed E-state index contributed by atoms with van der Waals surface area (Å²) in [6.45, 7) is 10.3. The van der Waals surface area contributed by atoms with E-state index in [1.807, 2.05) is 12.2 Å². The fourth-order valence-electron chi connectivity index (χ4n) is 2.06. The van der Waals surface area contributed by atoms with Gasteiger partial charge in [0, 0.05) is 0 Å². The minimum absolute atomic E-state index is 0.256. The van der Waals surface area contributed by atoms with Crippen LogP contribution < -0.4 is 0 Å². The maximum absolute atomic E-state index is 11.8. The van der Waals surface area contributed by atoms with Gasteiger partial charge in [-0.25, -0.2) is 0 Å². The molecule has 0 bridgehead atoms. The Kier molecular flexibility index (Phi) is 12.5. The third-order valence-electron chi connectivity index (χ3n) is 3.37. The fraction of sp³-hybridized carbons (Fsp3) is 0.600. The van der Waals surface area contributed by atoms with Gasteiger partial charge in [-0.15, -0.1) is 0 Å². The highest BCUT2D eigenvalue weighted by atomic mass is 16.6. The second-order valence-corrected chi connectivity index (χ2v) is 5.87. The van der Waals surface area contributed by atoms with Crippen molar-refractivity contribution in [1.29, 1.82) is 0 Å². The summed E-state index contributed by atoms with van der Waals surface area (Å²) in [7, 11) is 0. The molecule has 0 aromatic rings. The summed E-state index contributed by atoms with van der Waals surface area (Å²) in [5, 5.41) is 0. The normalized spacial score (nSPS) is 11.7. The second kappa shape index (κ2) is 13.6. The van der Waals surface area contributed by atoms with E-state index in [9.17, 15) is 9.59 Å². The Labute approximate surface area is 146 Å². The predicted molar refractivity (Wildman–Crippen MR) is 97.6 cm³/mol. The zero-order chi connectivity index (χ0) is 18.4. The first kappa shape index (κ1) is 22.2. The van der Waals surface area contributed by atoms with Crippen LogP contribution in [0.25, 0.3) is 0 Å². The molecule has 0 fully saturated rings. The molecule has 0 N–H and O–H groups in total. The molecule has 0 amide bonds. The van der Waals surface area contributed by atoms with Gasteiger partial charge in [0.05, 0.1) is 13.2 Å². The number of allylic oxidation sites excluding steroid dienone is 6. The largest absolute Gasteiger partial charge is 0.465 e. The molecule has 0 unspecified atom stereocenters. The summed E-state index contributed by atoms with van der Waals surface area (Å²) in [6.07, 6.45) is 11.4. The van der Waals surface area contributed by atoms with Crippen LogP contribution in [-0.4, -0.2) is 25.2 Å². The number of carbonyl (C=O) groups is 2. The monoisotopic (exact) mass is 336 g/mol. The highest BCUT2D eigenvalue weighted by molar-refractivity contribution is 5.95. The third-order valence-corrected chi connectivity index (χ3v) is 3.37. The van der Waals surface area contributed by atoms with E-state index in [0.717, 1.165) is 19.3 Å². The number of hydrogen-bond donors (Lipinski definition) is 0. The predicted octanol–water partition coefficient (Wildman–Crippen LogP) is 4.76. The van der Waals surface area contributed by atoms with E-state index in [4.69, 9.17) is 9.47 Å². The van der Waals surface area contributed by atoms with Crippen LogP contribution in [0.5, 0.6) is 0 Å². The summed E-state index contributed by atoms with van der Waals surface area (Å²) in [5.41, 5.74) is 2.68. The molecule has 0 aliphatic rings. The first-order valence-electron chi connectivity index (χ1n) is 8.69. The lowest BCUT2D eigenvalue weighted by Gasteiger charge is -2.12. The van der Waals surface area contributed by atoms with Crippen LogP contribution in [0.3, 0.4) is 0 Å². The second-order valence-electron chi connectivity index (χ2n) is 5.87. The van der Waals surface area contributed by atoms with Crippen molar-refractivity contribution in [2.45, 2.75) is 60.3 Å². The number of carbonyl (C=O) groups excluding carboxylic acids is 2. The minimum atomic E-state index is -0.871. The molecule has 4 nitrogen and oxygen atoms in total. The van der Waals surface area contributed by atoms with Crippen molar-refractivity contribution in [3.05, 3.63) is 35.5 Å². The summed E-state index contributed by atoms with van der Waals surface area (Å²) in [6, 6.07) is 0. The molecular weight excluding hydrogens is 304 g/mol. The quantitative estimate of drug-likeness (QED) is 0.310. The number of ether oxygens (including phenoxy) is 2. The molecule has 0 atom stereocenters. The average Bonchev–Trinajstić information content (AvgIpc) is 2.50. The van der Waals surface area contributed by atoms with Gasteiger partial charge in [0.25, 0.3) is 0 Å². The van der Waals surface area contributed by atoms with Gasteiger partial charge in [0.2, 0.25) is 0 Å². The smallest absolute Gasteiger partial charge is 0.320 e. The van der Waals surface area contributed by atoms with Crippen molar-refractivity contribution in [3.8, 4) is 0 Å². The van der Waals surface area contributed by atoms with E-state index in [1.165, 1.54) is 11.1 Å². The zero-order valence-corrected chi connectivity index (χ0v) is 15.8. The van der Waals surface area contributed by atoms with Gasteiger partial charge in [-0.05, 0) is 60.3 Å². The number of esters is 2. The molecule has 0 saturated heterocycles. The van der Waals surface area contributed by atoms with Gasteiger partial charge in [-0.3, -0.25) is 9.59 Å². The molecule has 4 heteroatoms. The first-order chi connectivity index (χ1) is 11.4. The molecule has 24 heavy (non-hydrogen) atoms. The SMILES string of the molecule is CCOC(=O)C(C/C=C/C/C=C(\C)CCC=C(C)C)C(=O)OCC. The summed E-state index contributed by atoms with van der Waals surface area (Å²) in [5.74, 6) is -1.91. The van der Waals surface area contributed by atoms with Crippen molar-refractivity contribution in [3.63, 3.8) is 0 Å². The van der Waals surface area contributed by atoms with E-state index in [-0.39, 0.29) is 13.2 Å². The topological polar surface area (TPSA) is 52.6 Å². The van der Waals surface area contributed by atoms with Crippen molar-refractivity contribution >= 4 is 11.9 Å². The van der Waals surface area contributed by atoms with Crippen molar-refractivity contribution in [1.82, 2.24) is 0 Å². The van der Waals surface area contributed by atoms with Crippen molar-refractivity contribution in [2.24, 2.45) is 5.92 Å². The lowest BCUT2D eigenvalue weighted by molar-refractivity contribution is -0.161. The summed E-state index contributed by atoms with van der Waals surface area (Å²) < 4.78 is 9.88. The zero-order valence-electron chi connectivity index (χ0n) is 15.8. The van der Waals surface area contributed by atoms with Gasteiger partial charge < -0.3 is 9.47 Å². The molecule has 136 valence electrons. The Balaban J connectivity index is 4.42. The van der Waals surface area contributed by atoms with E-state index in [1.54, 1.807) is 13.8 Å². The van der Waals surface area contributed by atoms with Gasteiger partial charge in [0.15, 0.2) is 5.92 Å². The molecule has 0 aliphatic carbocycles. The Morgan fingerprint density at radius 2 is 1.50 bits per heavy atom. The van der Waals surface area contributed by atoms with E-state index in [0.29, 0.717) is 6.42 Å². The van der Waals surface area contributed by atoms with Crippen molar-refractivity contribution in [2.75, 3.05) is 13.2 Å². The highest BCUT2D eigenvalue weighted by Gasteiger charge is 2.27. The van der Waals surface area contributed by atoms with Crippen LogP contribution in [0.2, 0.25) is 0 Å². The molecule has 0 heterocycles. The van der Waals surface area contributed by atoms with Gasteiger partial charge in [-0.1, -0.05) is 35.5 Å². The first-order valence-corrected chi connectivity index (χ1v) is 8.69.